The van der Waals surface area contributed by atoms with Gasteiger partial charge in [-0.3, -0.25) is 5.32 Å². The minimum absolute atomic E-state index is 0.0310. The summed E-state index contributed by atoms with van der Waals surface area (Å²) in [5, 5.41) is 12.0. The Bertz CT molecular complexity index is 412. The van der Waals surface area contributed by atoms with Crippen molar-refractivity contribution >= 4 is 11.8 Å². The maximum Gasteiger partial charge on any atom is 0.411 e. The van der Waals surface area contributed by atoms with Crippen molar-refractivity contribution < 1.29 is 19.0 Å². The Labute approximate surface area is 111 Å². The van der Waals surface area contributed by atoms with E-state index in [4.69, 9.17) is 4.74 Å². The SMILES string of the molecule is O=C(Nc1ccccc1)O[C@H]1CCC[C@H](O)C[C@@H]1F. The lowest BCUT2D eigenvalue weighted by atomic mass is 10.1. The standard InChI is InChI=1S/C14H18FNO3/c15-12-9-11(17)7-4-8-13(12)19-14(18)16-10-5-2-1-3-6-10/h1-3,5-6,11-13,17H,4,7-9H2,(H,16,18)/t11-,12-,13-/m0/s1. The van der Waals surface area contributed by atoms with Gasteiger partial charge in [0.05, 0.1) is 6.10 Å². The highest BCUT2D eigenvalue weighted by Crippen LogP contribution is 2.24. The summed E-state index contributed by atoms with van der Waals surface area (Å²) in [6, 6.07) is 8.86. The zero-order valence-corrected chi connectivity index (χ0v) is 10.6. The lowest BCUT2D eigenvalue weighted by Crippen LogP contribution is -2.30. The summed E-state index contributed by atoms with van der Waals surface area (Å²) in [6.07, 6.45) is -1.69. The Morgan fingerprint density at radius 1 is 1.32 bits per heavy atom. The van der Waals surface area contributed by atoms with E-state index < -0.39 is 24.5 Å². The lowest BCUT2D eigenvalue weighted by molar-refractivity contribution is 0.0355. The summed E-state index contributed by atoms with van der Waals surface area (Å²) in [6.45, 7) is 0. The zero-order valence-electron chi connectivity index (χ0n) is 10.6. The van der Waals surface area contributed by atoms with Crippen molar-refractivity contribution in [3.63, 3.8) is 0 Å². The van der Waals surface area contributed by atoms with E-state index in [1.807, 2.05) is 6.07 Å². The summed E-state index contributed by atoms with van der Waals surface area (Å²) in [7, 11) is 0. The van der Waals surface area contributed by atoms with E-state index in [-0.39, 0.29) is 6.42 Å². The lowest BCUT2D eigenvalue weighted by Gasteiger charge is -2.19. The molecule has 1 aromatic rings. The van der Waals surface area contributed by atoms with Gasteiger partial charge in [-0.15, -0.1) is 0 Å². The molecule has 1 fully saturated rings. The van der Waals surface area contributed by atoms with Crippen molar-refractivity contribution in [3.8, 4) is 0 Å². The molecule has 19 heavy (non-hydrogen) atoms. The first-order valence-electron chi connectivity index (χ1n) is 6.50. The van der Waals surface area contributed by atoms with E-state index in [2.05, 4.69) is 5.32 Å². The summed E-state index contributed by atoms with van der Waals surface area (Å²) in [4.78, 5) is 11.7. The molecule has 4 nitrogen and oxygen atoms in total. The molecule has 0 aliphatic heterocycles. The highest BCUT2D eigenvalue weighted by atomic mass is 19.1. The van der Waals surface area contributed by atoms with Gasteiger partial charge in [-0.1, -0.05) is 18.2 Å². The topological polar surface area (TPSA) is 58.6 Å². The number of alkyl halides is 1. The fourth-order valence-electron chi connectivity index (χ4n) is 2.20. The van der Waals surface area contributed by atoms with Crippen molar-refractivity contribution in [3.05, 3.63) is 30.3 Å². The predicted octanol–water partition coefficient (Wildman–Crippen LogP) is 2.88. The molecule has 0 saturated heterocycles. The number of halogens is 1. The molecule has 1 saturated carbocycles. The number of anilines is 1. The van der Waals surface area contributed by atoms with Crippen LogP contribution in [0.4, 0.5) is 14.9 Å². The van der Waals surface area contributed by atoms with E-state index in [0.29, 0.717) is 24.9 Å². The smallest absolute Gasteiger partial charge is 0.411 e. The molecule has 104 valence electrons. The quantitative estimate of drug-likeness (QED) is 0.810. The van der Waals surface area contributed by atoms with Crippen LogP contribution in [-0.4, -0.2) is 29.6 Å². The second-order valence-corrected chi connectivity index (χ2v) is 4.77. The van der Waals surface area contributed by atoms with Crippen LogP contribution in [0.5, 0.6) is 0 Å². The molecule has 1 aliphatic rings. The largest absolute Gasteiger partial charge is 0.443 e. The van der Waals surface area contributed by atoms with Gasteiger partial charge in [-0.2, -0.15) is 0 Å². The Hall–Kier alpha value is -1.62. The molecule has 1 aliphatic carbocycles. The van der Waals surface area contributed by atoms with Crippen molar-refractivity contribution in [1.29, 1.82) is 0 Å². The number of amides is 1. The molecular formula is C14H18FNO3. The first-order chi connectivity index (χ1) is 9.15. The van der Waals surface area contributed by atoms with Gasteiger partial charge >= 0.3 is 6.09 Å². The minimum atomic E-state index is -1.31. The highest BCUT2D eigenvalue weighted by molar-refractivity contribution is 5.84. The molecule has 0 bridgehead atoms. The number of aliphatic hydroxyl groups is 1. The third-order valence-corrected chi connectivity index (χ3v) is 3.21. The Morgan fingerprint density at radius 3 is 2.79 bits per heavy atom. The Kier molecular flexibility index (Phi) is 4.74. The summed E-state index contributed by atoms with van der Waals surface area (Å²) in [5.74, 6) is 0. The van der Waals surface area contributed by atoms with Crippen LogP contribution < -0.4 is 5.32 Å². The fourth-order valence-corrected chi connectivity index (χ4v) is 2.20. The van der Waals surface area contributed by atoms with Gasteiger partial charge in [-0.25, -0.2) is 9.18 Å². The number of rotatable bonds is 2. The average molecular weight is 267 g/mol. The summed E-state index contributed by atoms with van der Waals surface area (Å²) < 4.78 is 18.9. The van der Waals surface area contributed by atoms with Crippen molar-refractivity contribution in [2.24, 2.45) is 0 Å². The number of carbonyl (C=O) groups excluding carboxylic acids is 1. The van der Waals surface area contributed by atoms with E-state index in [9.17, 15) is 14.3 Å². The second kappa shape index (κ2) is 6.52. The molecule has 1 amide bonds. The average Bonchev–Trinajstić information content (AvgIpc) is 2.52. The predicted molar refractivity (Wildman–Crippen MR) is 69.7 cm³/mol. The van der Waals surface area contributed by atoms with Crippen LogP contribution in [0.25, 0.3) is 0 Å². The first-order valence-corrected chi connectivity index (χ1v) is 6.50. The number of carbonyl (C=O) groups is 1. The maximum absolute atomic E-state index is 13.8. The fraction of sp³-hybridized carbons (Fsp3) is 0.500. The maximum atomic E-state index is 13.8. The molecule has 2 N–H and O–H groups in total. The number of aliphatic hydroxyl groups excluding tert-OH is 1. The number of hydrogen-bond acceptors (Lipinski definition) is 3. The Balaban J connectivity index is 1.87. The number of nitrogens with one attached hydrogen (secondary N) is 1. The molecular weight excluding hydrogens is 249 g/mol. The molecule has 0 aromatic heterocycles. The third-order valence-electron chi connectivity index (χ3n) is 3.21. The van der Waals surface area contributed by atoms with Crippen LogP contribution in [0.2, 0.25) is 0 Å². The van der Waals surface area contributed by atoms with E-state index >= 15 is 0 Å². The summed E-state index contributed by atoms with van der Waals surface area (Å²) >= 11 is 0. The van der Waals surface area contributed by atoms with Crippen molar-refractivity contribution in [1.82, 2.24) is 0 Å². The van der Waals surface area contributed by atoms with Crippen LogP contribution in [0.1, 0.15) is 25.7 Å². The summed E-state index contributed by atoms with van der Waals surface area (Å²) in [5.41, 5.74) is 0.608. The van der Waals surface area contributed by atoms with Crippen LogP contribution in [0, 0.1) is 0 Å². The monoisotopic (exact) mass is 267 g/mol. The number of ether oxygens (including phenoxy) is 1. The van der Waals surface area contributed by atoms with Gasteiger partial charge in [0, 0.05) is 12.1 Å². The number of benzene rings is 1. The van der Waals surface area contributed by atoms with E-state index in [1.165, 1.54) is 0 Å². The van der Waals surface area contributed by atoms with Gasteiger partial charge in [0.25, 0.3) is 0 Å². The van der Waals surface area contributed by atoms with Crippen LogP contribution in [0.15, 0.2) is 30.3 Å². The van der Waals surface area contributed by atoms with Crippen molar-refractivity contribution in [2.75, 3.05) is 5.32 Å². The number of para-hydroxylation sites is 1. The number of hydrogen-bond donors (Lipinski definition) is 2. The molecule has 0 radical (unpaired) electrons. The van der Waals surface area contributed by atoms with Crippen LogP contribution in [-0.2, 0) is 4.74 Å². The minimum Gasteiger partial charge on any atom is -0.443 e. The van der Waals surface area contributed by atoms with E-state index in [0.717, 1.165) is 0 Å². The molecule has 2 rings (SSSR count). The van der Waals surface area contributed by atoms with Crippen LogP contribution in [0.3, 0.4) is 0 Å². The molecule has 0 spiro atoms. The normalized spacial score (nSPS) is 27.4. The first kappa shape index (κ1) is 13.8. The van der Waals surface area contributed by atoms with Gasteiger partial charge in [0.15, 0.2) is 0 Å². The van der Waals surface area contributed by atoms with Gasteiger partial charge in [0.2, 0.25) is 0 Å². The highest BCUT2D eigenvalue weighted by Gasteiger charge is 2.30. The molecule has 0 heterocycles. The molecule has 1 aromatic carbocycles. The zero-order chi connectivity index (χ0) is 13.7. The molecule has 0 unspecified atom stereocenters. The van der Waals surface area contributed by atoms with Gasteiger partial charge < -0.3 is 9.84 Å². The van der Waals surface area contributed by atoms with Gasteiger partial charge in [-0.05, 0) is 31.4 Å². The third kappa shape index (κ3) is 4.21. The van der Waals surface area contributed by atoms with Gasteiger partial charge in [0.1, 0.15) is 12.3 Å². The molecule has 3 atom stereocenters. The Morgan fingerprint density at radius 2 is 2.05 bits per heavy atom. The second-order valence-electron chi connectivity index (χ2n) is 4.77. The van der Waals surface area contributed by atoms with Crippen molar-refractivity contribution in [2.45, 2.75) is 44.1 Å². The van der Waals surface area contributed by atoms with E-state index in [1.54, 1.807) is 24.3 Å². The molecule has 5 heteroatoms. The van der Waals surface area contributed by atoms with Crippen LogP contribution >= 0.6 is 0 Å².